The summed E-state index contributed by atoms with van der Waals surface area (Å²) in [4.78, 5) is 0. The molecule has 2 N–H and O–H groups in total. The average Bonchev–Trinajstić information content (AvgIpc) is 2.55. The third-order valence-corrected chi connectivity index (χ3v) is 2.60. The van der Waals surface area contributed by atoms with Crippen LogP contribution in [0.4, 0.5) is 5.69 Å². The Morgan fingerprint density at radius 2 is 2.36 bits per heavy atom. The van der Waals surface area contributed by atoms with E-state index in [9.17, 15) is 0 Å². The topological polar surface area (TPSA) is 44.6 Å². The minimum absolute atomic E-state index is 0.506. The Hall–Kier alpha value is -1.51. The Labute approximate surface area is 83.4 Å². The highest BCUT2D eigenvalue weighted by molar-refractivity contribution is 5.98. The van der Waals surface area contributed by atoms with Crippen LogP contribution in [0.2, 0.25) is 0 Å². The van der Waals surface area contributed by atoms with Crippen LogP contribution in [-0.4, -0.2) is 17.0 Å². The van der Waals surface area contributed by atoms with E-state index in [0.717, 1.165) is 12.0 Å². The molecular weight excluding hydrogens is 176 g/mol. The van der Waals surface area contributed by atoms with Crippen LogP contribution < -0.4 is 5.32 Å². The maximum atomic E-state index is 8.66. The lowest BCUT2D eigenvalue weighted by atomic mass is 10.0. The number of benzene rings is 1. The highest BCUT2D eigenvalue weighted by atomic mass is 16.4. The van der Waals surface area contributed by atoms with E-state index >= 15 is 0 Å². The Bertz CT molecular complexity index is 385. The predicted molar refractivity (Wildman–Crippen MR) is 57.2 cm³/mol. The van der Waals surface area contributed by atoms with Crippen LogP contribution in [0.25, 0.3) is 0 Å². The molecule has 0 bridgehead atoms. The Morgan fingerprint density at radius 3 is 3.07 bits per heavy atom. The van der Waals surface area contributed by atoms with Crippen LogP contribution >= 0.6 is 0 Å². The number of fused-ring (bicyclic) bond motifs is 1. The van der Waals surface area contributed by atoms with Crippen LogP contribution in [0, 0.1) is 0 Å². The zero-order valence-corrected chi connectivity index (χ0v) is 8.41. The first kappa shape index (κ1) is 9.06. The summed E-state index contributed by atoms with van der Waals surface area (Å²) in [6.07, 6.45) is 1.04. The molecule has 1 aromatic carbocycles. The molecule has 74 valence electrons. The Balaban J connectivity index is 2.38. The normalized spacial score (nSPS) is 20.4. The molecule has 1 aliphatic rings. The van der Waals surface area contributed by atoms with Gasteiger partial charge >= 0.3 is 0 Å². The van der Waals surface area contributed by atoms with E-state index in [1.807, 2.05) is 12.1 Å². The van der Waals surface area contributed by atoms with Crippen LogP contribution in [-0.2, 0) is 6.42 Å². The summed E-state index contributed by atoms with van der Waals surface area (Å²) in [7, 11) is 0. The summed E-state index contributed by atoms with van der Waals surface area (Å²) in [5.74, 6) is 0. The molecule has 0 fully saturated rings. The van der Waals surface area contributed by atoms with Crippen LogP contribution in [0.5, 0.6) is 0 Å². The maximum Gasteiger partial charge on any atom is 0.0837 e. The number of hydrogen-bond acceptors (Lipinski definition) is 3. The van der Waals surface area contributed by atoms with Gasteiger partial charge in [-0.15, -0.1) is 0 Å². The van der Waals surface area contributed by atoms with Crippen molar-refractivity contribution in [3.63, 3.8) is 0 Å². The summed E-state index contributed by atoms with van der Waals surface area (Å²) in [5.41, 5.74) is 4.15. The smallest absolute Gasteiger partial charge is 0.0837 e. The van der Waals surface area contributed by atoms with Crippen molar-refractivity contribution in [3.05, 3.63) is 29.3 Å². The predicted octanol–water partition coefficient (Wildman–Crippen LogP) is 2.24. The van der Waals surface area contributed by atoms with Crippen molar-refractivity contribution in [2.75, 3.05) is 5.32 Å². The average molecular weight is 190 g/mol. The minimum atomic E-state index is 0.506. The lowest BCUT2D eigenvalue weighted by molar-refractivity contribution is 0.319. The summed E-state index contributed by atoms with van der Waals surface area (Å²) >= 11 is 0. The van der Waals surface area contributed by atoms with Crippen molar-refractivity contribution in [1.82, 2.24) is 0 Å². The van der Waals surface area contributed by atoms with E-state index in [-0.39, 0.29) is 0 Å². The molecule has 0 saturated heterocycles. The molecule has 1 heterocycles. The van der Waals surface area contributed by atoms with Gasteiger partial charge in [-0.25, -0.2) is 0 Å². The van der Waals surface area contributed by atoms with Crippen LogP contribution in [0.15, 0.2) is 23.4 Å². The van der Waals surface area contributed by atoms with E-state index in [1.165, 1.54) is 11.3 Å². The standard InChI is InChI=1S/C11H14N2O/c1-7-5-10-6-9(8(2)13-14)3-4-11(10)12-7/h3-4,6-7,12,14H,5H2,1-2H3/b13-8+. The molecule has 1 atom stereocenters. The molecule has 1 aromatic rings. The third kappa shape index (κ3) is 1.45. The summed E-state index contributed by atoms with van der Waals surface area (Å²) < 4.78 is 0. The quantitative estimate of drug-likeness (QED) is 0.405. The van der Waals surface area contributed by atoms with Crippen molar-refractivity contribution in [3.8, 4) is 0 Å². The van der Waals surface area contributed by atoms with Gasteiger partial charge in [0, 0.05) is 11.7 Å². The fourth-order valence-corrected chi connectivity index (χ4v) is 1.83. The van der Waals surface area contributed by atoms with E-state index in [1.54, 1.807) is 6.92 Å². The molecular formula is C11H14N2O. The van der Waals surface area contributed by atoms with Crippen LogP contribution in [0.1, 0.15) is 25.0 Å². The van der Waals surface area contributed by atoms with Gasteiger partial charge in [-0.2, -0.15) is 0 Å². The molecule has 0 aromatic heterocycles. The van der Waals surface area contributed by atoms with Crippen LogP contribution in [0.3, 0.4) is 0 Å². The molecule has 3 nitrogen and oxygen atoms in total. The van der Waals surface area contributed by atoms with Gasteiger partial charge in [0.25, 0.3) is 0 Å². The SMILES string of the molecule is C/C(=N\O)c1ccc2c(c1)CC(C)N2. The third-order valence-electron chi connectivity index (χ3n) is 2.60. The lowest BCUT2D eigenvalue weighted by Crippen LogP contribution is -2.08. The molecule has 0 spiro atoms. The van der Waals surface area contributed by atoms with Gasteiger partial charge in [0.05, 0.1) is 5.71 Å². The monoisotopic (exact) mass is 190 g/mol. The van der Waals surface area contributed by atoms with E-state index in [4.69, 9.17) is 5.21 Å². The summed E-state index contributed by atoms with van der Waals surface area (Å²) in [5, 5.41) is 15.2. The highest BCUT2D eigenvalue weighted by Gasteiger charge is 2.16. The van der Waals surface area contributed by atoms with Gasteiger partial charge in [-0.3, -0.25) is 0 Å². The fraction of sp³-hybridized carbons (Fsp3) is 0.364. The van der Waals surface area contributed by atoms with E-state index in [0.29, 0.717) is 11.8 Å². The Kier molecular flexibility index (Phi) is 2.15. The van der Waals surface area contributed by atoms with Crippen molar-refractivity contribution < 1.29 is 5.21 Å². The number of nitrogens with zero attached hydrogens (tertiary/aromatic N) is 1. The number of nitrogens with one attached hydrogen (secondary N) is 1. The fourth-order valence-electron chi connectivity index (χ4n) is 1.83. The second kappa shape index (κ2) is 3.33. The first-order valence-electron chi connectivity index (χ1n) is 4.79. The van der Waals surface area contributed by atoms with Gasteiger partial charge in [0.15, 0.2) is 0 Å². The summed E-state index contributed by atoms with van der Waals surface area (Å²) in [6, 6.07) is 6.61. The lowest BCUT2D eigenvalue weighted by Gasteiger charge is -2.03. The maximum absolute atomic E-state index is 8.66. The zero-order chi connectivity index (χ0) is 10.1. The van der Waals surface area contributed by atoms with Gasteiger partial charge < -0.3 is 10.5 Å². The van der Waals surface area contributed by atoms with Gasteiger partial charge in [-0.1, -0.05) is 11.2 Å². The molecule has 0 amide bonds. The van der Waals surface area contributed by atoms with E-state index < -0.39 is 0 Å². The molecule has 14 heavy (non-hydrogen) atoms. The summed E-state index contributed by atoms with van der Waals surface area (Å²) in [6.45, 7) is 3.96. The second-order valence-corrected chi connectivity index (χ2v) is 3.81. The molecule has 1 aliphatic heterocycles. The Morgan fingerprint density at radius 1 is 1.57 bits per heavy atom. The van der Waals surface area contributed by atoms with Crippen molar-refractivity contribution in [2.45, 2.75) is 26.3 Å². The number of rotatable bonds is 1. The van der Waals surface area contributed by atoms with E-state index in [2.05, 4.69) is 23.5 Å². The number of oxime groups is 1. The molecule has 2 rings (SSSR count). The minimum Gasteiger partial charge on any atom is -0.411 e. The van der Waals surface area contributed by atoms with Crippen molar-refractivity contribution >= 4 is 11.4 Å². The number of anilines is 1. The van der Waals surface area contributed by atoms with Crippen molar-refractivity contribution in [2.24, 2.45) is 5.16 Å². The molecule has 3 heteroatoms. The highest BCUT2D eigenvalue weighted by Crippen LogP contribution is 2.26. The second-order valence-electron chi connectivity index (χ2n) is 3.81. The number of hydrogen-bond donors (Lipinski definition) is 2. The molecule has 0 radical (unpaired) electrons. The molecule has 0 saturated carbocycles. The van der Waals surface area contributed by atoms with Crippen molar-refractivity contribution in [1.29, 1.82) is 0 Å². The first-order chi connectivity index (χ1) is 6.70. The molecule has 0 aliphatic carbocycles. The van der Waals surface area contributed by atoms with Gasteiger partial charge in [0.2, 0.25) is 0 Å². The zero-order valence-electron chi connectivity index (χ0n) is 8.41. The van der Waals surface area contributed by atoms with Gasteiger partial charge in [-0.05, 0) is 43.5 Å². The van der Waals surface area contributed by atoms with Gasteiger partial charge in [0.1, 0.15) is 0 Å². The molecule has 1 unspecified atom stereocenters. The first-order valence-corrected chi connectivity index (χ1v) is 4.79. The largest absolute Gasteiger partial charge is 0.411 e.